The molecule has 2 aromatic rings. The number of nitrogens with zero attached hydrogens (tertiary/aromatic N) is 2. The second-order valence-corrected chi connectivity index (χ2v) is 6.27. The van der Waals surface area contributed by atoms with Crippen LogP contribution >= 0.6 is 0 Å². The topological polar surface area (TPSA) is 51.4 Å². The van der Waals surface area contributed by atoms with Crippen molar-refractivity contribution >= 4 is 16.9 Å². The number of carbonyl (C=O) groups is 1. The predicted octanol–water partition coefficient (Wildman–Crippen LogP) is 2.71. The number of benzene rings is 1. The van der Waals surface area contributed by atoms with Crippen LogP contribution in [0.2, 0.25) is 0 Å². The number of H-pyrrole nitrogens is 1. The molecule has 0 atom stereocenters. The average Bonchev–Trinajstić information content (AvgIpc) is 2.89. The Balaban J connectivity index is 1.60. The molecule has 23 heavy (non-hydrogen) atoms. The average molecular weight is 314 g/mol. The van der Waals surface area contributed by atoms with E-state index in [9.17, 15) is 4.79 Å². The summed E-state index contributed by atoms with van der Waals surface area (Å²) in [6.07, 6.45) is 0.978. The van der Waals surface area contributed by atoms with Gasteiger partial charge in [-0.05, 0) is 25.0 Å². The monoisotopic (exact) mass is 314 g/mol. The smallest absolute Gasteiger partial charge is 0.317 e. The minimum atomic E-state index is 0.0785. The SMILES string of the molecule is CCCNC(=O)N1CCN(Cc2c(C)[nH]c3ccccc23)CC1. The van der Waals surface area contributed by atoms with Gasteiger partial charge in [0, 0.05) is 55.9 Å². The number of amides is 2. The molecule has 1 aromatic carbocycles. The van der Waals surface area contributed by atoms with Gasteiger partial charge in [0.25, 0.3) is 0 Å². The number of hydrogen-bond acceptors (Lipinski definition) is 2. The highest BCUT2D eigenvalue weighted by Crippen LogP contribution is 2.23. The summed E-state index contributed by atoms with van der Waals surface area (Å²) in [5, 5.41) is 4.27. The number of aromatic amines is 1. The fourth-order valence-corrected chi connectivity index (χ4v) is 3.21. The maximum Gasteiger partial charge on any atom is 0.317 e. The number of aromatic nitrogens is 1. The molecule has 1 aliphatic rings. The second-order valence-electron chi connectivity index (χ2n) is 6.27. The van der Waals surface area contributed by atoms with Crippen LogP contribution in [-0.2, 0) is 6.54 Å². The van der Waals surface area contributed by atoms with Crippen LogP contribution in [0.4, 0.5) is 4.79 Å². The van der Waals surface area contributed by atoms with Crippen LogP contribution in [0.1, 0.15) is 24.6 Å². The van der Waals surface area contributed by atoms with Crippen molar-refractivity contribution in [1.29, 1.82) is 0 Å². The van der Waals surface area contributed by atoms with Gasteiger partial charge in [-0.2, -0.15) is 0 Å². The van der Waals surface area contributed by atoms with Gasteiger partial charge in [0.2, 0.25) is 0 Å². The van der Waals surface area contributed by atoms with Crippen LogP contribution in [0.5, 0.6) is 0 Å². The van der Waals surface area contributed by atoms with Crippen LogP contribution < -0.4 is 5.32 Å². The third kappa shape index (κ3) is 3.50. The molecule has 0 saturated carbocycles. The quantitative estimate of drug-likeness (QED) is 0.911. The lowest BCUT2D eigenvalue weighted by atomic mass is 10.1. The fraction of sp³-hybridized carbons (Fsp3) is 0.500. The third-order valence-electron chi connectivity index (χ3n) is 4.59. The standard InChI is InChI=1S/C18H26N4O/c1-3-8-19-18(23)22-11-9-21(10-12-22)13-16-14(2)20-17-7-5-4-6-15(16)17/h4-7,20H,3,8-13H2,1-2H3,(H,19,23). The highest BCUT2D eigenvalue weighted by atomic mass is 16.2. The minimum Gasteiger partial charge on any atom is -0.358 e. The Labute approximate surface area is 137 Å². The summed E-state index contributed by atoms with van der Waals surface area (Å²) in [5.41, 5.74) is 3.83. The van der Waals surface area contributed by atoms with E-state index in [1.165, 1.54) is 22.2 Å². The molecule has 0 bridgehead atoms. The highest BCUT2D eigenvalue weighted by Gasteiger charge is 2.22. The second kappa shape index (κ2) is 7.04. The van der Waals surface area contributed by atoms with Crippen molar-refractivity contribution in [3.8, 4) is 0 Å². The molecule has 5 heteroatoms. The Kier molecular flexibility index (Phi) is 4.86. The van der Waals surface area contributed by atoms with Crippen molar-refractivity contribution in [3.05, 3.63) is 35.5 Å². The van der Waals surface area contributed by atoms with Gasteiger partial charge in [0.1, 0.15) is 0 Å². The maximum atomic E-state index is 12.0. The van der Waals surface area contributed by atoms with Crippen LogP contribution in [0.25, 0.3) is 10.9 Å². The summed E-state index contributed by atoms with van der Waals surface area (Å²) in [5.74, 6) is 0. The molecule has 1 fully saturated rings. The summed E-state index contributed by atoms with van der Waals surface area (Å²) < 4.78 is 0. The molecule has 0 spiro atoms. The normalized spacial score (nSPS) is 16.0. The number of rotatable bonds is 4. The predicted molar refractivity (Wildman–Crippen MR) is 93.6 cm³/mol. The number of piperazine rings is 1. The van der Waals surface area contributed by atoms with E-state index >= 15 is 0 Å². The number of urea groups is 1. The molecule has 0 unspecified atom stereocenters. The number of fused-ring (bicyclic) bond motifs is 1. The lowest BCUT2D eigenvalue weighted by Crippen LogP contribution is -2.51. The van der Waals surface area contributed by atoms with E-state index in [2.05, 4.69) is 53.3 Å². The molecule has 2 N–H and O–H groups in total. The Morgan fingerprint density at radius 2 is 1.96 bits per heavy atom. The molecule has 5 nitrogen and oxygen atoms in total. The molecule has 2 heterocycles. The summed E-state index contributed by atoms with van der Waals surface area (Å²) in [4.78, 5) is 19.8. The van der Waals surface area contributed by atoms with E-state index in [4.69, 9.17) is 0 Å². The van der Waals surface area contributed by atoms with Gasteiger partial charge in [0.05, 0.1) is 0 Å². The molecule has 0 radical (unpaired) electrons. The lowest BCUT2D eigenvalue weighted by Gasteiger charge is -2.34. The van der Waals surface area contributed by atoms with Gasteiger partial charge < -0.3 is 15.2 Å². The lowest BCUT2D eigenvalue weighted by molar-refractivity contribution is 0.135. The van der Waals surface area contributed by atoms with Crippen molar-refractivity contribution in [3.63, 3.8) is 0 Å². The van der Waals surface area contributed by atoms with Crippen LogP contribution in [-0.4, -0.2) is 53.5 Å². The van der Waals surface area contributed by atoms with Crippen molar-refractivity contribution in [2.75, 3.05) is 32.7 Å². The Morgan fingerprint density at radius 3 is 2.70 bits per heavy atom. The van der Waals surface area contributed by atoms with E-state index in [0.29, 0.717) is 0 Å². The number of aryl methyl sites for hydroxylation is 1. The van der Waals surface area contributed by atoms with E-state index in [1.807, 2.05) is 4.90 Å². The zero-order valence-electron chi connectivity index (χ0n) is 14.1. The Bertz CT molecular complexity index is 671. The highest BCUT2D eigenvalue weighted by molar-refractivity contribution is 5.84. The molecule has 1 saturated heterocycles. The first-order valence-electron chi connectivity index (χ1n) is 8.50. The molecule has 2 amide bonds. The number of carbonyl (C=O) groups excluding carboxylic acids is 1. The molecule has 124 valence electrons. The molecule has 0 aliphatic carbocycles. The molecular formula is C18H26N4O. The maximum absolute atomic E-state index is 12.0. The van der Waals surface area contributed by atoms with E-state index in [1.54, 1.807) is 0 Å². The first-order chi connectivity index (χ1) is 11.2. The molecule has 1 aliphatic heterocycles. The first kappa shape index (κ1) is 15.9. The molecule has 3 rings (SSSR count). The fourth-order valence-electron chi connectivity index (χ4n) is 3.21. The van der Waals surface area contributed by atoms with Crippen molar-refractivity contribution in [2.45, 2.75) is 26.8 Å². The molecule has 1 aromatic heterocycles. The van der Waals surface area contributed by atoms with Crippen LogP contribution in [0.15, 0.2) is 24.3 Å². The van der Waals surface area contributed by atoms with E-state index < -0.39 is 0 Å². The summed E-state index contributed by atoms with van der Waals surface area (Å²) in [6.45, 7) is 9.38. The Hall–Kier alpha value is -2.01. The van der Waals surface area contributed by atoms with E-state index in [-0.39, 0.29) is 6.03 Å². The van der Waals surface area contributed by atoms with Gasteiger partial charge in [-0.25, -0.2) is 4.79 Å². The summed E-state index contributed by atoms with van der Waals surface area (Å²) in [7, 11) is 0. The third-order valence-corrected chi connectivity index (χ3v) is 4.59. The minimum absolute atomic E-state index is 0.0785. The largest absolute Gasteiger partial charge is 0.358 e. The summed E-state index contributed by atoms with van der Waals surface area (Å²) in [6, 6.07) is 8.55. The zero-order chi connectivity index (χ0) is 16.2. The van der Waals surface area contributed by atoms with Crippen molar-refractivity contribution < 1.29 is 4.79 Å². The molecular weight excluding hydrogens is 288 g/mol. The Morgan fingerprint density at radius 1 is 1.22 bits per heavy atom. The van der Waals surface area contributed by atoms with Gasteiger partial charge in [-0.1, -0.05) is 25.1 Å². The number of hydrogen-bond donors (Lipinski definition) is 2. The summed E-state index contributed by atoms with van der Waals surface area (Å²) >= 11 is 0. The van der Waals surface area contributed by atoms with E-state index in [0.717, 1.165) is 45.7 Å². The van der Waals surface area contributed by atoms with Crippen molar-refractivity contribution in [1.82, 2.24) is 20.1 Å². The zero-order valence-corrected chi connectivity index (χ0v) is 14.1. The van der Waals surface area contributed by atoms with Crippen LogP contribution in [0.3, 0.4) is 0 Å². The van der Waals surface area contributed by atoms with Gasteiger partial charge in [-0.3, -0.25) is 4.90 Å². The van der Waals surface area contributed by atoms with Gasteiger partial charge in [-0.15, -0.1) is 0 Å². The van der Waals surface area contributed by atoms with Gasteiger partial charge >= 0.3 is 6.03 Å². The first-order valence-corrected chi connectivity index (χ1v) is 8.50. The van der Waals surface area contributed by atoms with Crippen molar-refractivity contribution in [2.24, 2.45) is 0 Å². The number of para-hydroxylation sites is 1. The van der Waals surface area contributed by atoms with Gasteiger partial charge in [0.15, 0.2) is 0 Å². The van der Waals surface area contributed by atoms with Crippen LogP contribution in [0, 0.1) is 6.92 Å². The number of nitrogens with one attached hydrogen (secondary N) is 2.